The highest BCUT2D eigenvalue weighted by Crippen LogP contribution is 2.35. The Labute approximate surface area is 112 Å². The highest BCUT2D eigenvalue weighted by atomic mass is 35.5. The summed E-state index contributed by atoms with van der Waals surface area (Å²) < 4.78 is 0. The Morgan fingerprint density at radius 1 is 1.33 bits per heavy atom. The largest absolute Gasteiger partial charge is 0.480 e. The Morgan fingerprint density at radius 2 is 1.89 bits per heavy atom. The molecule has 0 saturated heterocycles. The summed E-state index contributed by atoms with van der Waals surface area (Å²) in [5.41, 5.74) is -0.00304. The molecule has 0 bridgehead atoms. The predicted molar refractivity (Wildman–Crippen MR) is 73.1 cm³/mol. The third-order valence-electron chi connectivity index (χ3n) is 3.77. The number of carboxylic acids is 1. The number of carboxylic acid groups (broad SMARTS) is 1. The van der Waals surface area contributed by atoms with Crippen molar-refractivity contribution in [3.05, 3.63) is 29.3 Å². The predicted octanol–water partition coefficient (Wildman–Crippen LogP) is 3.79. The van der Waals surface area contributed by atoms with Crippen molar-refractivity contribution < 1.29 is 9.90 Å². The molecule has 0 heterocycles. The third-order valence-corrected chi connectivity index (χ3v) is 4.02. The van der Waals surface area contributed by atoms with Crippen LogP contribution in [0.5, 0.6) is 0 Å². The van der Waals surface area contributed by atoms with Crippen LogP contribution >= 0.6 is 11.6 Å². The number of hydrogen-bond donors (Lipinski definition) is 2. The van der Waals surface area contributed by atoms with E-state index in [1.54, 1.807) is 12.1 Å². The number of carbonyl (C=O) groups is 1. The van der Waals surface area contributed by atoms with Crippen molar-refractivity contribution in [1.82, 2.24) is 0 Å². The highest BCUT2D eigenvalue weighted by molar-refractivity contribution is 6.30. The molecule has 1 saturated carbocycles. The first-order chi connectivity index (χ1) is 8.52. The fourth-order valence-corrected chi connectivity index (χ4v) is 2.58. The molecule has 1 aromatic rings. The highest BCUT2D eigenvalue weighted by Gasteiger charge is 2.41. The molecule has 0 spiro atoms. The van der Waals surface area contributed by atoms with Gasteiger partial charge < -0.3 is 10.4 Å². The molecule has 0 unspecified atom stereocenters. The van der Waals surface area contributed by atoms with Gasteiger partial charge >= 0.3 is 5.97 Å². The minimum absolute atomic E-state index is 0.615. The van der Waals surface area contributed by atoms with E-state index in [2.05, 4.69) is 12.2 Å². The van der Waals surface area contributed by atoms with Gasteiger partial charge in [-0.25, -0.2) is 4.79 Å². The van der Waals surface area contributed by atoms with Gasteiger partial charge in [-0.2, -0.15) is 0 Å². The molecule has 1 aromatic carbocycles. The van der Waals surface area contributed by atoms with Crippen LogP contribution in [0.3, 0.4) is 0 Å². The van der Waals surface area contributed by atoms with Crippen LogP contribution in [0.15, 0.2) is 24.3 Å². The molecule has 18 heavy (non-hydrogen) atoms. The Balaban J connectivity index is 2.16. The molecule has 0 amide bonds. The normalized spacial score (nSPS) is 27.8. The van der Waals surface area contributed by atoms with Gasteiger partial charge in [-0.15, -0.1) is 0 Å². The van der Waals surface area contributed by atoms with E-state index in [1.807, 2.05) is 12.1 Å². The molecular weight excluding hydrogens is 250 g/mol. The minimum atomic E-state index is -0.819. The van der Waals surface area contributed by atoms with Crippen LogP contribution in [0.1, 0.15) is 32.6 Å². The summed E-state index contributed by atoms with van der Waals surface area (Å²) in [5.74, 6) is -0.145. The Morgan fingerprint density at radius 3 is 2.39 bits per heavy atom. The molecule has 0 aliphatic heterocycles. The molecule has 3 nitrogen and oxygen atoms in total. The first-order valence-electron chi connectivity index (χ1n) is 6.29. The second-order valence-electron chi connectivity index (χ2n) is 5.20. The average Bonchev–Trinajstić information content (AvgIpc) is 2.35. The van der Waals surface area contributed by atoms with Crippen LogP contribution in [-0.2, 0) is 4.79 Å². The summed E-state index contributed by atoms with van der Waals surface area (Å²) in [7, 11) is 0. The van der Waals surface area contributed by atoms with Crippen molar-refractivity contribution in [2.75, 3.05) is 5.32 Å². The third kappa shape index (κ3) is 2.78. The number of aliphatic carboxylic acids is 1. The molecule has 0 aromatic heterocycles. The van der Waals surface area contributed by atoms with E-state index in [1.165, 1.54) is 0 Å². The maximum absolute atomic E-state index is 11.6. The fraction of sp³-hybridized carbons (Fsp3) is 0.500. The van der Waals surface area contributed by atoms with Gasteiger partial charge in [-0.1, -0.05) is 18.5 Å². The summed E-state index contributed by atoms with van der Waals surface area (Å²) in [6.07, 6.45) is 3.25. The van der Waals surface area contributed by atoms with Gasteiger partial charge in [0.2, 0.25) is 0 Å². The van der Waals surface area contributed by atoms with E-state index in [0.717, 1.165) is 18.5 Å². The van der Waals surface area contributed by atoms with Crippen molar-refractivity contribution in [1.29, 1.82) is 0 Å². The van der Waals surface area contributed by atoms with Crippen LogP contribution in [0.4, 0.5) is 5.69 Å². The molecule has 4 heteroatoms. The van der Waals surface area contributed by atoms with Crippen molar-refractivity contribution >= 4 is 23.3 Å². The summed E-state index contributed by atoms with van der Waals surface area (Å²) >= 11 is 5.83. The quantitative estimate of drug-likeness (QED) is 0.876. The van der Waals surface area contributed by atoms with Crippen LogP contribution in [0.25, 0.3) is 0 Å². The number of rotatable bonds is 3. The monoisotopic (exact) mass is 267 g/mol. The number of halogens is 1. The van der Waals surface area contributed by atoms with E-state index >= 15 is 0 Å². The van der Waals surface area contributed by atoms with Gasteiger partial charge in [0.25, 0.3) is 0 Å². The van der Waals surface area contributed by atoms with Crippen molar-refractivity contribution in [2.24, 2.45) is 5.92 Å². The SMILES string of the molecule is CC1CCC(Nc2ccc(Cl)cc2)(C(=O)O)CC1. The molecule has 2 N–H and O–H groups in total. The molecule has 1 aliphatic rings. The van der Waals surface area contributed by atoms with Gasteiger partial charge in [0, 0.05) is 10.7 Å². The summed E-state index contributed by atoms with van der Waals surface area (Å²) in [6, 6.07) is 7.19. The van der Waals surface area contributed by atoms with E-state index in [4.69, 9.17) is 11.6 Å². The molecule has 1 fully saturated rings. The number of nitrogens with one attached hydrogen (secondary N) is 1. The van der Waals surface area contributed by atoms with Crippen molar-refractivity contribution in [3.8, 4) is 0 Å². The first kappa shape index (κ1) is 13.2. The van der Waals surface area contributed by atoms with Crippen LogP contribution in [0.2, 0.25) is 5.02 Å². The lowest BCUT2D eigenvalue weighted by Crippen LogP contribution is -2.48. The zero-order valence-corrected chi connectivity index (χ0v) is 11.2. The van der Waals surface area contributed by atoms with Gasteiger partial charge in [-0.05, 0) is 55.9 Å². The molecule has 98 valence electrons. The van der Waals surface area contributed by atoms with Gasteiger partial charge in [0.1, 0.15) is 5.54 Å². The lowest BCUT2D eigenvalue weighted by atomic mass is 9.77. The van der Waals surface area contributed by atoms with Crippen LogP contribution in [-0.4, -0.2) is 16.6 Å². The van der Waals surface area contributed by atoms with Gasteiger partial charge in [-0.3, -0.25) is 0 Å². The lowest BCUT2D eigenvalue weighted by molar-refractivity contribution is -0.143. The zero-order valence-electron chi connectivity index (χ0n) is 10.4. The summed E-state index contributed by atoms with van der Waals surface area (Å²) in [5, 5.41) is 13.3. The lowest BCUT2D eigenvalue weighted by Gasteiger charge is -2.37. The minimum Gasteiger partial charge on any atom is -0.480 e. The smallest absolute Gasteiger partial charge is 0.329 e. The molecular formula is C14H18ClNO2. The Bertz CT molecular complexity index is 422. The second-order valence-corrected chi connectivity index (χ2v) is 5.64. The number of hydrogen-bond acceptors (Lipinski definition) is 2. The maximum atomic E-state index is 11.6. The second kappa shape index (κ2) is 5.19. The molecule has 0 atom stereocenters. The van der Waals surface area contributed by atoms with Crippen molar-refractivity contribution in [3.63, 3.8) is 0 Å². The van der Waals surface area contributed by atoms with E-state index in [0.29, 0.717) is 23.8 Å². The zero-order chi connectivity index (χ0) is 13.2. The maximum Gasteiger partial charge on any atom is 0.329 e. The first-order valence-corrected chi connectivity index (χ1v) is 6.67. The van der Waals surface area contributed by atoms with Crippen LogP contribution in [0, 0.1) is 5.92 Å². The van der Waals surface area contributed by atoms with E-state index < -0.39 is 11.5 Å². The van der Waals surface area contributed by atoms with Gasteiger partial charge in [0.05, 0.1) is 0 Å². The number of benzene rings is 1. The topological polar surface area (TPSA) is 49.3 Å². The molecule has 1 aliphatic carbocycles. The average molecular weight is 268 g/mol. The van der Waals surface area contributed by atoms with E-state index in [-0.39, 0.29) is 0 Å². The fourth-order valence-electron chi connectivity index (χ4n) is 2.46. The summed E-state index contributed by atoms with van der Waals surface area (Å²) in [4.78, 5) is 11.6. The summed E-state index contributed by atoms with van der Waals surface area (Å²) in [6.45, 7) is 2.17. The van der Waals surface area contributed by atoms with Gasteiger partial charge in [0.15, 0.2) is 0 Å². The Kier molecular flexibility index (Phi) is 3.81. The standard InChI is InChI=1S/C14H18ClNO2/c1-10-6-8-14(9-7-10,13(17)18)16-12-4-2-11(15)3-5-12/h2-5,10,16H,6-9H2,1H3,(H,17,18). The molecule has 2 rings (SSSR count). The van der Waals surface area contributed by atoms with Crippen molar-refractivity contribution in [2.45, 2.75) is 38.1 Å². The number of anilines is 1. The van der Waals surface area contributed by atoms with Crippen LogP contribution < -0.4 is 5.32 Å². The molecule has 0 radical (unpaired) electrons. The van der Waals surface area contributed by atoms with E-state index in [9.17, 15) is 9.90 Å². The Hall–Kier alpha value is -1.22.